The topological polar surface area (TPSA) is 83.9 Å². The second-order valence-corrected chi connectivity index (χ2v) is 8.63. The van der Waals surface area contributed by atoms with Crippen LogP contribution in [0.3, 0.4) is 0 Å². The van der Waals surface area contributed by atoms with Crippen molar-refractivity contribution in [3.8, 4) is 0 Å². The molecule has 2 fully saturated rings. The van der Waals surface area contributed by atoms with Crippen molar-refractivity contribution in [2.45, 2.75) is 63.6 Å². The lowest BCUT2D eigenvalue weighted by Crippen LogP contribution is -2.50. The molecule has 3 atom stereocenters. The Morgan fingerprint density at radius 3 is 2.52 bits per heavy atom. The summed E-state index contributed by atoms with van der Waals surface area (Å²) in [5.74, 6) is -1.05. The quantitative estimate of drug-likeness (QED) is 0.829. The van der Waals surface area contributed by atoms with Crippen LogP contribution in [0.4, 0.5) is 0 Å². The Labute approximate surface area is 126 Å². The number of nitrogens with zero attached hydrogens (tertiary/aromatic N) is 1. The molecule has 0 aromatic carbocycles. The van der Waals surface area contributed by atoms with Crippen LogP contribution in [-0.2, 0) is 19.6 Å². The summed E-state index contributed by atoms with van der Waals surface area (Å²) in [6.45, 7) is 3.41. The Hall–Kier alpha value is -0.660. The van der Waals surface area contributed by atoms with Crippen LogP contribution in [0, 0.1) is 5.92 Å². The third kappa shape index (κ3) is 3.40. The first kappa shape index (κ1) is 16.7. The Morgan fingerprint density at radius 2 is 1.95 bits per heavy atom. The Kier molecular flexibility index (Phi) is 4.66. The van der Waals surface area contributed by atoms with Crippen LogP contribution in [0.15, 0.2) is 0 Å². The maximum absolute atomic E-state index is 12.8. The van der Waals surface area contributed by atoms with Gasteiger partial charge in [0, 0.05) is 13.2 Å². The summed E-state index contributed by atoms with van der Waals surface area (Å²) in [5.41, 5.74) is -0.825. The van der Waals surface area contributed by atoms with Crippen LogP contribution in [-0.4, -0.2) is 54.3 Å². The fraction of sp³-hybridized carbons (Fsp3) is 0.929. The molecule has 1 saturated carbocycles. The molecule has 6 nitrogen and oxygen atoms in total. The molecule has 1 heterocycles. The first-order valence-corrected chi connectivity index (χ1v) is 9.08. The number of aliphatic carboxylic acids is 1. The van der Waals surface area contributed by atoms with E-state index >= 15 is 0 Å². The molecule has 0 aromatic rings. The molecule has 1 aliphatic carbocycles. The van der Waals surface area contributed by atoms with Crippen molar-refractivity contribution >= 4 is 16.0 Å². The van der Waals surface area contributed by atoms with Crippen LogP contribution < -0.4 is 0 Å². The first-order valence-electron chi connectivity index (χ1n) is 7.47. The van der Waals surface area contributed by atoms with Crippen molar-refractivity contribution in [2.24, 2.45) is 5.92 Å². The van der Waals surface area contributed by atoms with Gasteiger partial charge in [0.15, 0.2) is 0 Å². The van der Waals surface area contributed by atoms with Crippen LogP contribution in [0.5, 0.6) is 0 Å². The Bertz CT molecular complexity index is 501. The molecule has 21 heavy (non-hydrogen) atoms. The lowest BCUT2D eigenvalue weighted by Gasteiger charge is -2.34. The van der Waals surface area contributed by atoms with Crippen LogP contribution in [0.2, 0.25) is 0 Å². The summed E-state index contributed by atoms with van der Waals surface area (Å²) >= 11 is 0. The van der Waals surface area contributed by atoms with E-state index in [4.69, 9.17) is 4.74 Å². The van der Waals surface area contributed by atoms with E-state index in [2.05, 4.69) is 0 Å². The Balaban J connectivity index is 2.30. The molecule has 2 rings (SSSR count). The van der Waals surface area contributed by atoms with Gasteiger partial charge in [0.25, 0.3) is 0 Å². The zero-order chi connectivity index (χ0) is 15.8. The monoisotopic (exact) mass is 319 g/mol. The highest BCUT2D eigenvalue weighted by Crippen LogP contribution is 2.41. The van der Waals surface area contributed by atoms with Crippen molar-refractivity contribution < 1.29 is 23.1 Å². The zero-order valence-corrected chi connectivity index (χ0v) is 13.7. The maximum atomic E-state index is 12.8. The highest BCUT2D eigenvalue weighted by atomic mass is 32.2. The highest BCUT2D eigenvalue weighted by molar-refractivity contribution is 7.89. The molecule has 2 aliphatic rings. The van der Waals surface area contributed by atoms with Gasteiger partial charge in [0.2, 0.25) is 10.0 Å². The lowest BCUT2D eigenvalue weighted by molar-refractivity contribution is -0.141. The fourth-order valence-corrected chi connectivity index (χ4v) is 6.00. The van der Waals surface area contributed by atoms with E-state index in [1.54, 1.807) is 13.8 Å². The van der Waals surface area contributed by atoms with E-state index in [0.29, 0.717) is 6.42 Å². The molecule has 0 radical (unpaired) electrons. The van der Waals surface area contributed by atoms with Gasteiger partial charge in [-0.1, -0.05) is 12.8 Å². The molecule has 3 unspecified atom stereocenters. The predicted molar refractivity (Wildman–Crippen MR) is 78.5 cm³/mol. The van der Waals surface area contributed by atoms with Crippen LogP contribution >= 0.6 is 0 Å². The van der Waals surface area contributed by atoms with Gasteiger partial charge in [-0.2, -0.15) is 4.31 Å². The van der Waals surface area contributed by atoms with Crippen molar-refractivity contribution in [3.05, 3.63) is 0 Å². The van der Waals surface area contributed by atoms with Gasteiger partial charge < -0.3 is 9.84 Å². The van der Waals surface area contributed by atoms with Gasteiger partial charge in [-0.05, 0) is 39.0 Å². The fourth-order valence-electron chi connectivity index (χ4n) is 3.60. The summed E-state index contributed by atoms with van der Waals surface area (Å²) in [4.78, 5) is 11.5. The summed E-state index contributed by atoms with van der Waals surface area (Å²) in [7, 11) is -2.20. The van der Waals surface area contributed by atoms with E-state index in [0.717, 1.165) is 25.7 Å². The average molecular weight is 319 g/mol. The summed E-state index contributed by atoms with van der Waals surface area (Å²) < 4.78 is 32.0. The number of fused-ring (bicyclic) bond motifs is 1. The van der Waals surface area contributed by atoms with Gasteiger partial charge >= 0.3 is 5.97 Å². The number of ether oxygens (including phenoxy) is 1. The van der Waals surface area contributed by atoms with Gasteiger partial charge in [0.1, 0.15) is 6.04 Å². The molecule has 0 spiro atoms. The molecular formula is C14H25NO5S. The second kappa shape index (κ2) is 5.85. The molecule has 0 aromatic heterocycles. The SMILES string of the molecule is COC(C)(C)CS(=O)(=O)N1C(C(=O)O)CC2CCCCC21. The second-order valence-electron chi connectivity index (χ2n) is 6.75. The van der Waals surface area contributed by atoms with E-state index in [-0.39, 0.29) is 17.7 Å². The first-order chi connectivity index (χ1) is 9.68. The van der Waals surface area contributed by atoms with Gasteiger partial charge in [-0.3, -0.25) is 4.79 Å². The number of carboxylic acid groups (broad SMARTS) is 1. The third-order valence-electron chi connectivity index (χ3n) is 4.72. The highest BCUT2D eigenvalue weighted by Gasteiger charge is 2.51. The average Bonchev–Trinajstić information content (AvgIpc) is 2.77. The number of rotatable bonds is 5. The van der Waals surface area contributed by atoms with Crippen LogP contribution in [0.25, 0.3) is 0 Å². The normalized spacial score (nSPS) is 31.1. The smallest absolute Gasteiger partial charge is 0.322 e. The maximum Gasteiger partial charge on any atom is 0.322 e. The van der Waals surface area contributed by atoms with Crippen molar-refractivity contribution in [1.29, 1.82) is 0 Å². The number of sulfonamides is 1. The van der Waals surface area contributed by atoms with Crippen molar-refractivity contribution in [2.75, 3.05) is 12.9 Å². The van der Waals surface area contributed by atoms with Crippen molar-refractivity contribution in [1.82, 2.24) is 4.31 Å². The molecule has 1 aliphatic heterocycles. The summed E-state index contributed by atoms with van der Waals surface area (Å²) in [6.07, 6.45) is 4.15. The summed E-state index contributed by atoms with van der Waals surface area (Å²) in [6, 6.07) is -1.08. The standard InChI is InChI=1S/C14H25NO5S/c1-14(2,20-3)9-21(18,19)15-11-7-5-4-6-10(11)8-12(15)13(16)17/h10-12H,4-9H2,1-3H3,(H,16,17). The van der Waals surface area contributed by atoms with Gasteiger partial charge in [0.05, 0.1) is 11.4 Å². The Morgan fingerprint density at radius 1 is 1.33 bits per heavy atom. The van der Waals surface area contributed by atoms with E-state index in [1.807, 2.05) is 0 Å². The number of hydrogen-bond acceptors (Lipinski definition) is 4. The molecule has 0 amide bonds. The number of methoxy groups -OCH3 is 1. The molecule has 7 heteroatoms. The number of hydrogen-bond donors (Lipinski definition) is 1. The minimum Gasteiger partial charge on any atom is -0.480 e. The van der Waals surface area contributed by atoms with E-state index < -0.39 is 27.6 Å². The van der Waals surface area contributed by atoms with E-state index in [1.165, 1.54) is 11.4 Å². The van der Waals surface area contributed by atoms with E-state index in [9.17, 15) is 18.3 Å². The summed E-state index contributed by atoms with van der Waals surface area (Å²) in [5, 5.41) is 9.41. The molecular weight excluding hydrogens is 294 g/mol. The molecule has 122 valence electrons. The van der Waals surface area contributed by atoms with Gasteiger partial charge in [-0.25, -0.2) is 8.42 Å². The number of carboxylic acids is 1. The molecule has 0 bridgehead atoms. The minimum atomic E-state index is -3.67. The largest absolute Gasteiger partial charge is 0.480 e. The molecule has 1 saturated heterocycles. The number of carbonyl (C=O) groups is 1. The van der Waals surface area contributed by atoms with Crippen molar-refractivity contribution in [3.63, 3.8) is 0 Å². The third-order valence-corrected chi connectivity index (χ3v) is 6.95. The zero-order valence-electron chi connectivity index (χ0n) is 12.9. The van der Waals surface area contributed by atoms with Crippen LogP contribution in [0.1, 0.15) is 46.0 Å². The predicted octanol–water partition coefficient (Wildman–Crippen LogP) is 1.46. The minimum absolute atomic E-state index is 0.155. The molecule has 1 N–H and O–H groups in total. The van der Waals surface area contributed by atoms with Gasteiger partial charge in [-0.15, -0.1) is 0 Å². The lowest BCUT2D eigenvalue weighted by atomic mass is 9.85.